The molecule has 38 heavy (non-hydrogen) atoms. The fraction of sp³-hybridized carbons (Fsp3) is 0.500. The molecule has 3 rings (SSSR count). The van der Waals surface area contributed by atoms with Crippen LogP contribution in [0.5, 0.6) is 5.75 Å². The van der Waals surface area contributed by atoms with Crippen LogP contribution < -0.4 is 20.7 Å². The number of benzene rings is 1. The largest absolute Gasteiger partial charge is 0.491 e. The number of urea groups is 1. The molecule has 206 valence electrons. The van der Waals surface area contributed by atoms with Gasteiger partial charge >= 0.3 is 12.0 Å². The molecule has 9 nitrogen and oxygen atoms in total. The summed E-state index contributed by atoms with van der Waals surface area (Å²) >= 11 is 1.71. The van der Waals surface area contributed by atoms with E-state index in [1.807, 2.05) is 43.6 Å². The Balaban J connectivity index is 1.63. The second kappa shape index (κ2) is 14.0. The number of carbonyl (C=O) groups excluding carboxylic acids is 3. The predicted molar refractivity (Wildman–Crippen MR) is 148 cm³/mol. The number of thioether (sulfide) groups is 1. The number of pyridine rings is 1. The molecule has 2 atom stereocenters. The summed E-state index contributed by atoms with van der Waals surface area (Å²) in [4.78, 5) is 42.9. The van der Waals surface area contributed by atoms with E-state index in [1.165, 1.54) is 0 Å². The average Bonchev–Trinajstić information content (AvgIpc) is 2.85. The molecule has 1 aromatic heterocycles. The van der Waals surface area contributed by atoms with Gasteiger partial charge in [-0.25, -0.2) is 4.79 Å². The van der Waals surface area contributed by atoms with E-state index in [-0.39, 0.29) is 31.5 Å². The van der Waals surface area contributed by atoms with Gasteiger partial charge in [0.1, 0.15) is 24.0 Å². The summed E-state index contributed by atoms with van der Waals surface area (Å²) in [5.74, 6) is 0.902. The van der Waals surface area contributed by atoms with Crippen molar-refractivity contribution in [2.45, 2.75) is 76.0 Å². The van der Waals surface area contributed by atoms with E-state index in [9.17, 15) is 14.4 Å². The van der Waals surface area contributed by atoms with Gasteiger partial charge < -0.3 is 25.4 Å². The minimum absolute atomic E-state index is 0.0463. The number of rotatable bonds is 4. The van der Waals surface area contributed by atoms with Crippen molar-refractivity contribution in [3.8, 4) is 16.9 Å². The zero-order chi connectivity index (χ0) is 27.5. The first-order chi connectivity index (χ1) is 18.1. The van der Waals surface area contributed by atoms with E-state index in [1.54, 1.807) is 32.5 Å². The molecule has 0 saturated carbocycles. The number of hydrogen-bond acceptors (Lipinski definition) is 7. The number of hydrogen-bond donors (Lipinski definition) is 3. The standard InChI is InChI=1S/C28H38N4O5S/c1-19-18-36-24-11-6-5-9-22(24)20-15-21(17-29-16-20)38-14-8-7-10-23(26(34)31-19)32-27(35)30-13-12-25(33)37-28(2,3)4/h5-6,9,11,15-17,19,23H,7-8,10,12-14,18H2,1-4H3,(H,31,34)(H2,30,32,35)/t19-,23+/m1/s1. The SMILES string of the molecule is C[C@@H]1COc2ccccc2-c2cncc(c2)SCCCC[C@H](NC(=O)NCCC(=O)OC(C)(C)C)C(=O)N1. The highest BCUT2D eigenvalue weighted by molar-refractivity contribution is 7.99. The summed E-state index contributed by atoms with van der Waals surface area (Å²) in [5, 5.41) is 8.36. The summed E-state index contributed by atoms with van der Waals surface area (Å²) in [6, 6.07) is 8.38. The third-order valence-electron chi connectivity index (χ3n) is 5.60. The van der Waals surface area contributed by atoms with Crippen LogP contribution in [0, 0.1) is 0 Å². The van der Waals surface area contributed by atoms with Gasteiger partial charge in [-0.05, 0) is 58.4 Å². The van der Waals surface area contributed by atoms with Gasteiger partial charge in [0.15, 0.2) is 0 Å². The van der Waals surface area contributed by atoms with Crippen LogP contribution in [-0.4, -0.2) is 59.5 Å². The third kappa shape index (κ3) is 9.89. The zero-order valence-corrected chi connectivity index (χ0v) is 23.4. The highest BCUT2D eigenvalue weighted by Crippen LogP contribution is 2.32. The summed E-state index contributed by atoms with van der Waals surface area (Å²) in [6.45, 7) is 7.61. The van der Waals surface area contributed by atoms with E-state index < -0.39 is 23.6 Å². The summed E-state index contributed by atoms with van der Waals surface area (Å²) in [7, 11) is 0. The van der Waals surface area contributed by atoms with Gasteiger partial charge in [0.25, 0.3) is 0 Å². The number of amides is 3. The monoisotopic (exact) mass is 542 g/mol. The lowest BCUT2D eigenvalue weighted by atomic mass is 10.1. The first-order valence-electron chi connectivity index (χ1n) is 13.0. The van der Waals surface area contributed by atoms with Crippen LogP contribution in [0.25, 0.3) is 11.1 Å². The normalized spacial score (nSPS) is 18.8. The smallest absolute Gasteiger partial charge is 0.315 e. The highest BCUT2D eigenvalue weighted by atomic mass is 32.2. The molecule has 0 spiro atoms. The molecule has 0 saturated heterocycles. The van der Waals surface area contributed by atoms with Crippen molar-refractivity contribution in [2.75, 3.05) is 18.9 Å². The molecule has 10 heteroatoms. The van der Waals surface area contributed by atoms with Gasteiger partial charge in [0.05, 0.1) is 12.5 Å². The molecular formula is C28H38N4O5S. The number of fused-ring (bicyclic) bond motifs is 4. The van der Waals surface area contributed by atoms with Crippen molar-refractivity contribution in [1.82, 2.24) is 20.9 Å². The number of nitrogens with zero attached hydrogens (tertiary/aromatic N) is 1. The van der Waals surface area contributed by atoms with Gasteiger partial charge in [-0.1, -0.05) is 24.6 Å². The fourth-order valence-electron chi connectivity index (χ4n) is 3.87. The molecular weight excluding hydrogens is 504 g/mol. The maximum Gasteiger partial charge on any atom is 0.315 e. The van der Waals surface area contributed by atoms with Gasteiger partial charge in [-0.3, -0.25) is 14.6 Å². The summed E-state index contributed by atoms with van der Waals surface area (Å²) in [5.41, 5.74) is 1.34. The third-order valence-corrected chi connectivity index (χ3v) is 6.65. The van der Waals surface area contributed by atoms with Crippen molar-refractivity contribution in [1.29, 1.82) is 0 Å². The number of carbonyl (C=O) groups is 3. The minimum atomic E-state index is -0.714. The molecule has 2 aromatic rings. The molecule has 1 aliphatic rings. The average molecular weight is 543 g/mol. The number of aromatic nitrogens is 1. The van der Waals surface area contributed by atoms with Crippen molar-refractivity contribution < 1.29 is 23.9 Å². The lowest BCUT2D eigenvalue weighted by molar-refractivity contribution is -0.154. The van der Waals surface area contributed by atoms with Crippen molar-refractivity contribution >= 4 is 29.7 Å². The molecule has 2 bridgehead atoms. The molecule has 0 radical (unpaired) electrons. The molecule has 0 fully saturated rings. The second-order valence-corrected chi connectivity index (χ2v) is 11.4. The Bertz CT molecular complexity index is 1100. The lowest BCUT2D eigenvalue weighted by Gasteiger charge is -2.23. The molecule has 3 N–H and O–H groups in total. The molecule has 0 unspecified atom stereocenters. The van der Waals surface area contributed by atoms with E-state index in [4.69, 9.17) is 9.47 Å². The number of para-hydroxylation sites is 1. The Labute approximate surface area is 228 Å². The quantitative estimate of drug-likeness (QED) is 0.493. The summed E-state index contributed by atoms with van der Waals surface area (Å²) < 4.78 is 11.3. The zero-order valence-electron chi connectivity index (χ0n) is 22.5. The number of ether oxygens (including phenoxy) is 2. The van der Waals surface area contributed by atoms with Crippen molar-refractivity contribution in [2.24, 2.45) is 0 Å². The Morgan fingerprint density at radius 3 is 2.79 bits per heavy atom. The first kappa shape index (κ1) is 29.3. The van der Waals surface area contributed by atoms with Crippen molar-refractivity contribution in [3.05, 3.63) is 42.7 Å². The Hall–Kier alpha value is -3.27. The van der Waals surface area contributed by atoms with Gasteiger partial charge in [0, 0.05) is 35.0 Å². The predicted octanol–water partition coefficient (Wildman–Crippen LogP) is 4.31. The van der Waals surface area contributed by atoms with E-state index in [2.05, 4.69) is 27.0 Å². The number of nitrogens with one attached hydrogen (secondary N) is 3. The molecule has 1 aliphatic heterocycles. The number of esters is 1. The maximum atomic E-state index is 13.1. The van der Waals surface area contributed by atoms with Crippen LogP contribution in [0.2, 0.25) is 0 Å². The van der Waals surface area contributed by atoms with Crippen LogP contribution >= 0.6 is 11.8 Å². The van der Waals surface area contributed by atoms with Crippen LogP contribution in [0.3, 0.4) is 0 Å². The Kier molecular flexibility index (Phi) is 10.8. The minimum Gasteiger partial charge on any atom is -0.491 e. The van der Waals surface area contributed by atoms with Gasteiger partial charge in [-0.2, -0.15) is 0 Å². The van der Waals surface area contributed by atoms with Crippen molar-refractivity contribution in [3.63, 3.8) is 0 Å². The van der Waals surface area contributed by atoms with E-state index in [0.29, 0.717) is 12.2 Å². The molecule has 2 heterocycles. The topological polar surface area (TPSA) is 119 Å². The molecule has 0 aliphatic carbocycles. The summed E-state index contributed by atoms with van der Waals surface area (Å²) in [6.07, 6.45) is 5.84. The van der Waals surface area contributed by atoms with Gasteiger partial charge in [0.2, 0.25) is 5.91 Å². The fourth-order valence-corrected chi connectivity index (χ4v) is 4.80. The van der Waals surface area contributed by atoms with E-state index in [0.717, 1.165) is 34.6 Å². The first-order valence-corrected chi connectivity index (χ1v) is 14.0. The van der Waals surface area contributed by atoms with E-state index >= 15 is 0 Å². The van der Waals surface area contributed by atoms with Gasteiger partial charge in [-0.15, -0.1) is 11.8 Å². The Morgan fingerprint density at radius 2 is 2.00 bits per heavy atom. The van der Waals surface area contributed by atoms with Crippen LogP contribution in [0.1, 0.15) is 53.4 Å². The molecule has 3 amide bonds. The van der Waals surface area contributed by atoms with Crippen LogP contribution in [-0.2, 0) is 14.3 Å². The maximum absolute atomic E-state index is 13.1. The Morgan fingerprint density at radius 1 is 1.21 bits per heavy atom. The van der Waals surface area contributed by atoms with Crippen LogP contribution in [0.4, 0.5) is 4.79 Å². The second-order valence-electron chi connectivity index (χ2n) is 10.3. The van der Waals surface area contributed by atoms with Crippen LogP contribution in [0.15, 0.2) is 47.6 Å². The molecule has 1 aromatic carbocycles. The lowest BCUT2D eigenvalue weighted by Crippen LogP contribution is -2.52. The highest BCUT2D eigenvalue weighted by Gasteiger charge is 2.23.